The van der Waals surface area contributed by atoms with Gasteiger partial charge < -0.3 is 14.5 Å². The van der Waals surface area contributed by atoms with E-state index in [0.29, 0.717) is 32.8 Å². The maximum Gasteiger partial charge on any atom is 0.409 e. The van der Waals surface area contributed by atoms with Gasteiger partial charge in [0.1, 0.15) is 27.4 Å². The fourth-order valence-electron chi connectivity index (χ4n) is 4.20. The van der Waals surface area contributed by atoms with E-state index in [1.165, 1.54) is 23.5 Å². The number of carbonyl (C=O) groups is 1. The van der Waals surface area contributed by atoms with Crippen molar-refractivity contribution in [3.63, 3.8) is 0 Å². The van der Waals surface area contributed by atoms with Crippen LogP contribution in [0.3, 0.4) is 0 Å². The van der Waals surface area contributed by atoms with E-state index in [-0.39, 0.29) is 11.9 Å². The summed E-state index contributed by atoms with van der Waals surface area (Å²) in [7, 11) is 0. The Hall–Kier alpha value is -4.04. The topological polar surface area (TPSA) is 58.0 Å². The zero-order valence-electron chi connectivity index (χ0n) is 20.5. The lowest BCUT2D eigenvalue weighted by Crippen LogP contribution is -2.50. The third-order valence-electron chi connectivity index (χ3n) is 6.09. The van der Waals surface area contributed by atoms with Gasteiger partial charge in [-0.05, 0) is 31.2 Å². The molecular formula is C29H27FN4O2S. The summed E-state index contributed by atoms with van der Waals surface area (Å²) in [6, 6.07) is 26.4. The molecule has 3 aromatic carbocycles. The van der Waals surface area contributed by atoms with Gasteiger partial charge in [0, 0.05) is 42.9 Å². The molecule has 0 aliphatic carbocycles. The number of rotatable bonds is 5. The second-order valence-electron chi connectivity index (χ2n) is 8.52. The van der Waals surface area contributed by atoms with E-state index in [1.807, 2.05) is 67.6 Å². The molecule has 37 heavy (non-hydrogen) atoms. The molecule has 0 unspecified atom stereocenters. The first-order chi connectivity index (χ1) is 18.1. The molecule has 0 saturated carbocycles. The molecule has 0 atom stereocenters. The predicted molar refractivity (Wildman–Crippen MR) is 146 cm³/mol. The summed E-state index contributed by atoms with van der Waals surface area (Å²) in [5.74, 6) is 0.547. The van der Waals surface area contributed by atoms with E-state index in [0.717, 1.165) is 38.2 Å². The molecule has 1 aromatic heterocycles. The Kier molecular flexibility index (Phi) is 7.56. The summed E-state index contributed by atoms with van der Waals surface area (Å²) in [6.07, 6.45) is -0.280. The Bertz CT molecular complexity index is 1370. The average molecular weight is 515 g/mol. The number of thiazole rings is 1. The number of carbonyl (C=O) groups excluding carboxylic acids is 1. The fraction of sp³-hybridized carbons (Fsp3) is 0.207. The summed E-state index contributed by atoms with van der Waals surface area (Å²) >= 11 is 1.48. The highest BCUT2D eigenvalue weighted by atomic mass is 32.1. The van der Waals surface area contributed by atoms with Crippen LogP contribution in [-0.4, -0.2) is 59.5 Å². The van der Waals surface area contributed by atoms with Crippen molar-refractivity contribution in [2.75, 3.05) is 32.8 Å². The maximum atomic E-state index is 13.6. The molecule has 1 fully saturated rings. The minimum absolute atomic E-state index is 0.280. The van der Waals surface area contributed by atoms with E-state index in [2.05, 4.69) is 4.90 Å². The number of hydrogen-bond acceptors (Lipinski definition) is 5. The third kappa shape index (κ3) is 5.70. The number of amides is 1. The number of benzene rings is 3. The van der Waals surface area contributed by atoms with Crippen molar-refractivity contribution in [3.8, 4) is 21.8 Å². The van der Waals surface area contributed by atoms with Gasteiger partial charge >= 0.3 is 6.09 Å². The normalized spacial score (nSPS) is 14.1. The number of aliphatic imine (C=N–C) groups is 1. The van der Waals surface area contributed by atoms with Crippen molar-refractivity contribution in [2.45, 2.75) is 6.92 Å². The molecule has 0 N–H and O–H groups in total. The highest BCUT2D eigenvalue weighted by Crippen LogP contribution is 2.40. The van der Waals surface area contributed by atoms with Crippen LogP contribution >= 0.6 is 11.3 Å². The van der Waals surface area contributed by atoms with Gasteiger partial charge in [-0.2, -0.15) is 0 Å². The van der Waals surface area contributed by atoms with Gasteiger partial charge in [-0.3, -0.25) is 0 Å². The summed E-state index contributed by atoms with van der Waals surface area (Å²) in [6.45, 7) is 4.56. The van der Waals surface area contributed by atoms with Gasteiger partial charge in [0.2, 0.25) is 0 Å². The van der Waals surface area contributed by atoms with Gasteiger partial charge in [-0.15, -0.1) is 0 Å². The fourth-order valence-corrected chi connectivity index (χ4v) is 5.17. The summed E-state index contributed by atoms with van der Waals surface area (Å²) in [5.41, 5.74) is 3.58. The lowest BCUT2D eigenvalue weighted by molar-refractivity contribution is 0.0921. The highest BCUT2D eigenvalue weighted by molar-refractivity contribution is 7.19. The van der Waals surface area contributed by atoms with Crippen molar-refractivity contribution in [1.29, 1.82) is 0 Å². The van der Waals surface area contributed by atoms with Crippen molar-refractivity contribution in [2.24, 2.45) is 4.99 Å². The van der Waals surface area contributed by atoms with Crippen LogP contribution in [0.15, 0.2) is 89.9 Å². The molecule has 6 nitrogen and oxygen atoms in total. The Balaban J connectivity index is 1.55. The Morgan fingerprint density at radius 1 is 0.892 bits per heavy atom. The molecule has 0 spiro atoms. The monoisotopic (exact) mass is 514 g/mol. The smallest absolute Gasteiger partial charge is 0.409 e. The first-order valence-corrected chi connectivity index (χ1v) is 13.1. The van der Waals surface area contributed by atoms with Gasteiger partial charge in [-0.1, -0.05) is 72.0 Å². The number of aromatic nitrogens is 1. The molecule has 0 radical (unpaired) electrons. The van der Waals surface area contributed by atoms with Crippen molar-refractivity contribution in [3.05, 3.63) is 96.3 Å². The van der Waals surface area contributed by atoms with Gasteiger partial charge in [-0.25, -0.2) is 19.2 Å². The molecule has 1 amide bonds. The van der Waals surface area contributed by atoms with E-state index in [1.54, 1.807) is 17.0 Å². The maximum absolute atomic E-state index is 13.6. The van der Waals surface area contributed by atoms with E-state index in [4.69, 9.17) is 14.7 Å². The minimum Gasteiger partial charge on any atom is -0.450 e. The molecule has 1 aliphatic heterocycles. The van der Waals surface area contributed by atoms with Crippen molar-refractivity contribution in [1.82, 2.24) is 14.8 Å². The lowest BCUT2D eigenvalue weighted by Gasteiger charge is -2.36. The number of piperazine rings is 1. The predicted octanol–water partition coefficient (Wildman–Crippen LogP) is 6.47. The Morgan fingerprint density at radius 3 is 2.16 bits per heavy atom. The van der Waals surface area contributed by atoms with Crippen molar-refractivity contribution < 1.29 is 13.9 Å². The molecule has 4 aromatic rings. The standard InChI is InChI=1S/C29H27FN4O2S/c1-2-36-29(35)34-19-17-33(18-20-34)26(22-11-7-4-8-12-22)32-28-25(21-9-5-3-6-10-21)31-27(37-28)23-13-15-24(30)16-14-23/h3-16H,2,17-20H2,1H3. The van der Waals surface area contributed by atoms with Crippen LogP contribution in [0.25, 0.3) is 21.8 Å². The van der Waals surface area contributed by atoms with Gasteiger partial charge in [0.05, 0.1) is 6.61 Å². The highest BCUT2D eigenvalue weighted by Gasteiger charge is 2.25. The quantitative estimate of drug-likeness (QED) is 0.226. The zero-order chi connectivity index (χ0) is 25.6. The van der Waals surface area contributed by atoms with Crippen LogP contribution in [0, 0.1) is 5.82 Å². The number of amidine groups is 1. The first kappa shape index (κ1) is 24.6. The summed E-state index contributed by atoms with van der Waals surface area (Å²) in [5, 5.41) is 1.55. The van der Waals surface area contributed by atoms with Gasteiger partial charge in [0.15, 0.2) is 0 Å². The molecule has 5 rings (SSSR count). The largest absolute Gasteiger partial charge is 0.450 e. The number of ether oxygens (including phenoxy) is 1. The van der Waals surface area contributed by atoms with Crippen LogP contribution in [-0.2, 0) is 4.74 Å². The Morgan fingerprint density at radius 2 is 1.51 bits per heavy atom. The number of nitrogens with zero attached hydrogens (tertiary/aromatic N) is 4. The molecule has 1 aliphatic rings. The molecule has 1 saturated heterocycles. The molecule has 2 heterocycles. The summed E-state index contributed by atoms with van der Waals surface area (Å²) in [4.78, 5) is 26.3. The van der Waals surface area contributed by atoms with Crippen LogP contribution in [0.1, 0.15) is 12.5 Å². The van der Waals surface area contributed by atoms with E-state index >= 15 is 0 Å². The SMILES string of the molecule is CCOC(=O)N1CCN(C(=Nc2sc(-c3ccc(F)cc3)nc2-c2ccccc2)c2ccccc2)CC1. The van der Waals surface area contributed by atoms with Crippen LogP contribution < -0.4 is 0 Å². The van der Waals surface area contributed by atoms with Crippen LogP contribution in [0.4, 0.5) is 14.2 Å². The molecular weight excluding hydrogens is 487 g/mol. The average Bonchev–Trinajstić information content (AvgIpc) is 3.37. The van der Waals surface area contributed by atoms with E-state index in [9.17, 15) is 9.18 Å². The summed E-state index contributed by atoms with van der Waals surface area (Å²) < 4.78 is 18.7. The minimum atomic E-state index is -0.282. The molecule has 0 bridgehead atoms. The first-order valence-electron chi connectivity index (χ1n) is 12.3. The van der Waals surface area contributed by atoms with Gasteiger partial charge in [0.25, 0.3) is 0 Å². The third-order valence-corrected chi connectivity index (χ3v) is 7.09. The molecule has 188 valence electrons. The Labute approximate surface area is 219 Å². The second-order valence-corrected chi connectivity index (χ2v) is 9.50. The zero-order valence-corrected chi connectivity index (χ0v) is 21.3. The molecule has 8 heteroatoms. The van der Waals surface area contributed by atoms with Crippen molar-refractivity contribution >= 4 is 28.3 Å². The number of halogens is 1. The van der Waals surface area contributed by atoms with E-state index < -0.39 is 0 Å². The van der Waals surface area contributed by atoms with Crippen LogP contribution in [0.2, 0.25) is 0 Å². The number of hydrogen-bond donors (Lipinski definition) is 0. The van der Waals surface area contributed by atoms with Crippen LogP contribution in [0.5, 0.6) is 0 Å². The lowest BCUT2D eigenvalue weighted by atomic mass is 10.1. The second kappa shape index (κ2) is 11.3.